The number of alkyl halides is 2. The van der Waals surface area contributed by atoms with Crippen LogP contribution < -0.4 is 14.8 Å². The molecule has 0 aliphatic heterocycles. The van der Waals surface area contributed by atoms with Crippen LogP contribution in [-0.4, -0.2) is 33.9 Å². The Balaban J connectivity index is 2.06. The van der Waals surface area contributed by atoms with Gasteiger partial charge in [0.15, 0.2) is 5.82 Å². The quantitative estimate of drug-likeness (QED) is 0.845. The summed E-state index contributed by atoms with van der Waals surface area (Å²) in [5.41, 5.74) is 0. The molecule has 2 N–H and O–H groups in total. The molecule has 0 spiro atoms. The van der Waals surface area contributed by atoms with Crippen LogP contribution >= 0.6 is 0 Å². The van der Waals surface area contributed by atoms with Crippen LogP contribution in [0.1, 0.15) is 0 Å². The third kappa shape index (κ3) is 3.03. The summed E-state index contributed by atoms with van der Waals surface area (Å²) in [5.74, 6) is 0.821. The van der Waals surface area contributed by atoms with Gasteiger partial charge in [0.2, 0.25) is 11.8 Å². The molecule has 0 fully saturated rings. The standard InChI is InChI=1S/C9H9F2N5O2/c1-17-8-4-12-3-6(14-8)13-5-2-7(16-15-5)18-9(10)11/h2-4,9H,1H3,(H2,13,14,15,16). The Hall–Kier alpha value is -2.45. The molecular formula is C9H9F2N5O2. The van der Waals surface area contributed by atoms with Crippen molar-refractivity contribution in [1.29, 1.82) is 0 Å². The second-order valence-corrected chi connectivity index (χ2v) is 3.07. The lowest BCUT2D eigenvalue weighted by Gasteiger charge is -2.03. The van der Waals surface area contributed by atoms with Gasteiger partial charge in [-0.25, -0.2) is 0 Å². The zero-order valence-electron chi connectivity index (χ0n) is 9.22. The van der Waals surface area contributed by atoms with Gasteiger partial charge in [0.1, 0.15) is 5.82 Å². The molecule has 0 bridgehead atoms. The molecule has 2 aromatic rings. The van der Waals surface area contributed by atoms with E-state index in [0.717, 1.165) is 0 Å². The number of hydrogen-bond acceptors (Lipinski definition) is 6. The molecule has 0 radical (unpaired) electrons. The molecule has 0 amide bonds. The van der Waals surface area contributed by atoms with E-state index in [1.807, 2.05) is 0 Å². The van der Waals surface area contributed by atoms with Crippen molar-refractivity contribution in [2.45, 2.75) is 6.61 Å². The van der Waals surface area contributed by atoms with Crippen molar-refractivity contribution in [1.82, 2.24) is 20.2 Å². The highest BCUT2D eigenvalue weighted by Crippen LogP contribution is 2.18. The molecule has 7 nitrogen and oxygen atoms in total. The molecule has 0 aliphatic carbocycles. The van der Waals surface area contributed by atoms with E-state index in [0.29, 0.717) is 17.5 Å². The molecule has 0 unspecified atom stereocenters. The minimum Gasteiger partial charge on any atom is -0.480 e. The topological polar surface area (TPSA) is 85.0 Å². The average Bonchev–Trinajstić information content (AvgIpc) is 2.76. The third-order valence-electron chi connectivity index (χ3n) is 1.85. The Morgan fingerprint density at radius 3 is 2.89 bits per heavy atom. The van der Waals surface area contributed by atoms with Crippen LogP contribution in [0, 0.1) is 0 Å². The zero-order chi connectivity index (χ0) is 13.0. The largest absolute Gasteiger partial charge is 0.480 e. The number of methoxy groups -OCH3 is 1. The second kappa shape index (κ2) is 5.25. The number of halogens is 2. The van der Waals surface area contributed by atoms with Crippen LogP contribution in [0.3, 0.4) is 0 Å². The number of aromatic amines is 1. The third-order valence-corrected chi connectivity index (χ3v) is 1.85. The van der Waals surface area contributed by atoms with Gasteiger partial charge in [0.25, 0.3) is 0 Å². The Labute approximate surface area is 100 Å². The maximum Gasteiger partial charge on any atom is 0.388 e. The van der Waals surface area contributed by atoms with Crippen molar-refractivity contribution in [3.63, 3.8) is 0 Å². The summed E-state index contributed by atoms with van der Waals surface area (Å²) in [4.78, 5) is 7.90. The van der Waals surface area contributed by atoms with Crippen LogP contribution in [-0.2, 0) is 0 Å². The summed E-state index contributed by atoms with van der Waals surface area (Å²) in [6, 6.07) is 1.27. The first-order valence-electron chi connectivity index (χ1n) is 4.80. The van der Waals surface area contributed by atoms with Crippen molar-refractivity contribution >= 4 is 11.6 Å². The van der Waals surface area contributed by atoms with E-state index in [2.05, 4.69) is 30.2 Å². The van der Waals surface area contributed by atoms with Gasteiger partial charge in [-0.2, -0.15) is 13.8 Å². The summed E-state index contributed by atoms with van der Waals surface area (Å²) in [7, 11) is 1.46. The molecule has 0 atom stereocenters. The highest BCUT2D eigenvalue weighted by molar-refractivity contribution is 5.51. The normalized spacial score (nSPS) is 10.4. The lowest BCUT2D eigenvalue weighted by atomic mass is 10.5. The fourth-order valence-corrected chi connectivity index (χ4v) is 1.16. The SMILES string of the molecule is COc1cncc(Nc2cc(OC(F)F)n[nH]2)n1. The molecule has 2 aromatic heterocycles. The number of ether oxygens (including phenoxy) is 2. The summed E-state index contributed by atoms with van der Waals surface area (Å²) in [6.07, 6.45) is 2.88. The Morgan fingerprint density at radius 2 is 2.17 bits per heavy atom. The van der Waals surface area contributed by atoms with Crippen molar-refractivity contribution in [2.24, 2.45) is 0 Å². The van der Waals surface area contributed by atoms with E-state index in [1.165, 1.54) is 25.6 Å². The van der Waals surface area contributed by atoms with E-state index < -0.39 is 6.61 Å². The molecule has 2 rings (SSSR count). The van der Waals surface area contributed by atoms with Crippen LogP contribution in [0.15, 0.2) is 18.5 Å². The maximum absolute atomic E-state index is 11.9. The van der Waals surface area contributed by atoms with Gasteiger partial charge < -0.3 is 14.8 Å². The van der Waals surface area contributed by atoms with Gasteiger partial charge in [-0.3, -0.25) is 10.1 Å². The van der Waals surface area contributed by atoms with Crippen molar-refractivity contribution in [3.05, 3.63) is 18.5 Å². The number of aromatic nitrogens is 4. The number of nitrogens with one attached hydrogen (secondary N) is 2. The van der Waals surface area contributed by atoms with Gasteiger partial charge in [-0.05, 0) is 0 Å². The molecule has 2 heterocycles. The van der Waals surface area contributed by atoms with Gasteiger partial charge >= 0.3 is 6.61 Å². The van der Waals surface area contributed by atoms with Crippen molar-refractivity contribution in [3.8, 4) is 11.8 Å². The Kier molecular flexibility index (Phi) is 3.51. The number of rotatable bonds is 5. The summed E-state index contributed by atoms with van der Waals surface area (Å²) in [5, 5.41) is 8.77. The molecule has 96 valence electrons. The van der Waals surface area contributed by atoms with Gasteiger partial charge in [0, 0.05) is 6.07 Å². The molecule has 18 heavy (non-hydrogen) atoms. The van der Waals surface area contributed by atoms with Gasteiger partial charge in [-0.1, -0.05) is 0 Å². The van der Waals surface area contributed by atoms with E-state index in [4.69, 9.17) is 4.74 Å². The monoisotopic (exact) mass is 257 g/mol. The first-order valence-corrected chi connectivity index (χ1v) is 4.80. The predicted molar refractivity (Wildman–Crippen MR) is 57.1 cm³/mol. The lowest BCUT2D eigenvalue weighted by Crippen LogP contribution is -2.01. The minimum absolute atomic E-state index is 0.219. The van der Waals surface area contributed by atoms with Crippen LogP contribution in [0.4, 0.5) is 20.4 Å². The first-order chi connectivity index (χ1) is 8.67. The Morgan fingerprint density at radius 1 is 1.33 bits per heavy atom. The number of anilines is 2. The average molecular weight is 257 g/mol. The maximum atomic E-state index is 11.9. The van der Waals surface area contributed by atoms with E-state index in [9.17, 15) is 8.78 Å². The van der Waals surface area contributed by atoms with Crippen LogP contribution in [0.5, 0.6) is 11.8 Å². The van der Waals surface area contributed by atoms with Gasteiger partial charge in [0.05, 0.1) is 19.5 Å². The van der Waals surface area contributed by atoms with E-state index in [1.54, 1.807) is 0 Å². The predicted octanol–water partition coefficient (Wildman–Crippen LogP) is 1.55. The highest BCUT2D eigenvalue weighted by atomic mass is 19.3. The van der Waals surface area contributed by atoms with Crippen molar-refractivity contribution < 1.29 is 18.3 Å². The fourth-order valence-electron chi connectivity index (χ4n) is 1.16. The van der Waals surface area contributed by atoms with Gasteiger partial charge in [-0.15, -0.1) is 5.10 Å². The zero-order valence-corrected chi connectivity index (χ0v) is 9.22. The molecule has 0 saturated heterocycles. The fraction of sp³-hybridized carbons (Fsp3) is 0.222. The minimum atomic E-state index is -2.92. The highest BCUT2D eigenvalue weighted by Gasteiger charge is 2.08. The Bertz CT molecular complexity index is 519. The molecule has 0 aliphatic rings. The summed E-state index contributed by atoms with van der Waals surface area (Å²) < 4.78 is 32.8. The summed E-state index contributed by atoms with van der Waals surface area (Å²) >= 11 is 0. The summed E-state index contributed by atoms with van der Waals surface area (Å²) in [6.45, 7) is -2.92. The second-order valence-electron chi connectivity index (χ2n) is 3.07. The smallest absolute Gasteiger partial charge is 0.388 e. The van der Waals surface area contributed by atoms with E-state index in [-0.39, 0.29) is 5.88 Å². The molecule has 0 saturated carbocycles. The number of hydrogen-bond donors (Lipinski definition) is 2. The van der Waals surface area contributed by atoms with Crippen LogP contribution in [0.25, 0.3) is 0 Å². The number of nitrogens with zero attached hydrogens (tertiary/aromatic N) is 3. The number of H-pyrrole nitrogens is 1. The molecular weight excluding hydrogens is 248 g/mol. The van der Waals surface area contributed by atoms with E-state index >= 15 is 0 Å². The first kappa shape index (κ1) is 12.0. The molecule has 0 aromatic carbocycles. The van der Waals surface area contributed by atoms with Crippen molar-refractivity contribution in [2.75, 3.05) is 12.4 Å². The lowest BCUT2D eigenvalue weighted by molar-refractivity contribution is -0.0528. The van der Waals surface area contributed by atoms with Crippen LogP contribution in [0.2, 0.25) is 0 Å². The molecule has 9 heteroatoms.